The Balaban J connectivity index is 1.87. The minimum absolute atomic E-state index is 0.254. The van der Waals surface area contributed by atoms with Crippen molar-refractivity contribution in [3.63, 3.8) is 0 Å². The van der Waals surface area contributed by atoms with Crippen molar-refractivity contribution < 1.29 is 22.7 Å². The van der Waals surface area contributed by atoms with E-state index < -0.39 is 24.2 Å². The fraction of sp³-hybridized carbons (Fsp3) is 0.316. The van der Waals surface area contributed by atoms with Crippen molar-refractivity contribution in [1.29, 1.82) is 0 Å². The highest BCUT2D eigenvalue weighted by molar-refractivity contribution is 9.10. The van der Waals surface area contributed by atoms with E-state index in [1.807, 2.05) is 4.90 Å². The van der Waals surface area contributed by atoms with Gasteiger partial charge >= 0.3 is 12.1 Å². The first-order valence-corrected chi connectivity index (χ1v) is 10.3. The molecular formula is C19H14BrCl2F3N2O2. The summed E-state index contributed by atoms with van der Waals surface area (Å²) in [6.07, 6.45) is -4.02. The predicted octanol–water partition coefficient (Wildman–Crippen LogP) is 6.25. The van der Waals surface area contributed by atoms with E-state index in [-0.39, 0.29) is 5.02 Å². The molecule has 4 nitrogen and oxygen atoms in total. The third-order valence-corrected chi connectivity index (χ3v) is 6.33. The van der Waals surface area contributed by atoms with Gasteiger partial charge in [0.05, 0.1) is 22.1 Å². The highest BCUT2D eigenvalue weighted by Gasteiger charge is 2.45. The lowest BCUT2D eigenvalue weighted by Gasteiger charge is -2.42. The van der Waals surface area contributed by atoms with Crippen molar-refractivity contribution >= 4 is 50.7 Å². The van der Waals surface area contributed by atoms with Gasteiger partial charge in [0.2, 0.25) is 0 Å². The van der Waals surface area contributed by atoms with Crippen LogP contribution in [0.15, 0.2) is 34.8 Å². The van der Waals surface area contributed by atoms with Crippen molar-refractivity contribution in [3.8, 4) is 11.5 Å². The van der Waals surface area contributed by atoms with Crippen LogP contribution in [0.5, 0.6) is 11.5 Å². The lowest BCUT2D eigenvalue weighted by molar-refractivity contribution is -0.174. The smallest absolute Gasteiger partial charge is 0.455 e. The molecule has 2 atom stereocenters. The summed E-state index contributed by atoms with van der Waals surface area (Å²) in [5.41, 5.74) is 1.16. The monoisotopic (exact) mass is 508 g/mol. The maximum Gasteiger partial charge on any atom is 0.471 e. The van der Waals surface area contributed by atoms with Gasteiger partial charge in [0.15, 0.2) is 5.75 Å². The number of hydrogen-bond acceptors (Lipinski definition) is 3. The zero-order valence-corrected chi connectivity index (χ0v) is 17.8. The third kappa shape index (κ3) is 3.78. The Morgan fingerprint density at radius 2 is 1.97 bits per heavy atom. The summed E-state index contributed by atoms with van der Waals surface area (Å²) in [5, 5.41) is 2.72. The van der Waals surface area contributed by atoms with E-state index in [0.717, 1.165) is 4.47 Å². The van der Waals surface area contributed by atoms with Crippen LogP contribution in [0.1, 0.15) is 24.4 Å². The summed E-state index contributed by atoms with van der Waals surface area (Å²) in [7, 11) is 0. The number of fused-ring (bicyclic) bond motifs is 5. The van der Waals surface area contributed by atoms with Gasteiger partial charge < -0.3 is 15.0 Å². The first-order valence-electron chi connectivity index (χ1n) is 8.76. The van der Waals surface area contributed by atoms with Crippen LogP contribution in [0.25, 0.3) is 0 Å². The highest BCUT2D eigenvalue weighted by atomic mass is 79.9. The molecule has 1 N–H and O–H groups in total. The number of amides is 1. The second-order valence-electron chi connectivity index (χ2n) is 6.85. The SMILES string of the molecule is O=C(N[C@@H]1CCCN2c3c(ccc(Cl)c3Cl)Oc3cc(Br)ccc3[C@@H]12)C(F)(F)F. The molecular weight excluding hydrogens is 496 g/mol. The normalized spacial score (nSPS) is 20.7. The van der Waals surface area contributed by atoms with E-state index in [2.05, 4.69) is 21.2 Å². The summed E-state index contributed by atoms with van der Waals surface area (Å²) >= 11 is 16.1. The standard InChI is InChI=1S/C19H14BrCl2F3N2O2/c20-9-3-4-10-14(8-9)29-13-6-5-11(21)15(22)17(13)27-7-1-2-12(16(10)27)26-18(28)19(23,24)25/h3-6,8,12,16H,1-2,7H2,(H,26,28)/t12-,16+/m1/s1. The van der Waals surface area contributed by atoms with E-state index in [0.29, 0.717) is 47.2 Å². The molecule has 2 aromatic rings. The second kappa shape index (κ2) is 7.56. The quantitative estimate of drug-likeness (QED) is 0.494. The number of ether oxygens (including phenoxy) is 1. The molecule has 2 heterocycles. The number of nitrogens with zero attached hydrogens (tertiary/aromatic N) is 1. The molecule has 0 bridgehead atoms. The van der Waals surface area contributed by atoms with Crippen molar-refractivity contribution in [3.05, 3.63) is 50.4 Å². The van der Waals surface area contributed by atoms with Crippen LogP contribution in [0.3, 0.4) is 0 Å². The summed E-state index contributed by atoms with van der Waals surface area (Å²) in [5.74, 6) is -1.05. The maximum absolute atomic E-state index is 12.9. The molecule has 0 aliphatic carbocycles. The Kier molecular flexibility index (Phi) is 5.38. The van der Waals surface area contributed by atoms with Crippen molar-refractivity contribution in [2.45, 2.75) is 31.1 Å². The van der Waals surface area contributed by atoms with Gasteiger partial charge in [0, 0.05) is 16.6 Å². The Labute approximate surface area is 183 Å². The van der Waals surface area contributed by atoms with Crippen LogP contribution in [0, 0.1) is 0 Å². The van der Waals surface area contributed by atoms with Gasteiger partial charge in [0.25, 0.3) is 0 Å². The number of hydrogen-bond donors (Lipinski definition) is 1. The Morgan fingerprint density at radius 1 is 1.21 bits per heavy atom. The van der Waals surface area contributed by atoms with Crippen LogP contribution in [-0.4, -0.2) is 24.7 Å². The number of halogens is 6. The van der Waals surface area contributed by atoms with E-state index in [1.54, 1.807) is 30.3 Å². The summed E-state index contributed by atoms with van der Waals surface area (Å²) in [6.45, 7) is 0.523. The fourth-order valence-electron chi connectivity index (χ4n) is 3.86. The molecule has 2 aliphatic heterocycles. The fourth-order valence-corrected chi connectivity index (χ4v) is 4.62. The third-order valence-electron chi connectivity index (χ3n) is 5.04. The molecule has 1 fully saturated rings. The number of carbonyl (C=O) groups is 1. The molecule has 154 valence electrons. The Hall–Kier alpha value is -1.64. The molecule has 0 aromatic heterocycles. The summed E-state index contributed by atoms with van der Waals surface area (Å²) in [6, 6.07) is 7.18. The Morgan fingerprint density at radius 3 is 2.69 bits per heavy atom. The van der Waals surface area contributed by atoms with E-state index in [4.69, 9.17) is 27.9 Å². The zero-order chi connectivity index (χ0) is 20.9. The zero-order valence-electron chi connectivity index (χ0n) is 14.7. The minimum Gasteiger partial charge on any atom is -0.455 e. The van der Waals surface area contributed by atoms with Gasteiger partial charge in [-0.25, -0.2) is 0 Å². The number of alkyl halides is 3. The molecule has 0 unspecified atom stereocenters. The van der Waals surface area contributed by atoms with E-state index in [9.17, 15) is 18.0 Å². The number of piperidine rings is 1. The maximum atomic E-state index is 12.9. The Bertz CT molecular complexity index is 987. The number of anilines is 1. The average Bonchev–Trinajstić information content (AvgIpc) is 2.78. The largest absolute Gasteiger partial charge is 0.471 e. The minimum atomic E-state index is -4.97. The first-order chi connectivity index (χ1) is 13.7. The van der Waals surface area contributed by atoms with Crippen LogP contribution in [0.4, 0.5) is 18.9 Å². The van der Waals surface area contributed by atoms with Crippen LogP contribution in [-0.2, 0) is 4.79 Å². The van der Waals surface area contributed by atoms with Crippen molar-refractivity contribution in [1.82, 2.24) is 5.32 Å². The predicted molar refractivity (Wildman–Crippen MR) is 108 cm³/mol. The number of benzene rings is 2. The number of rotatable bonds is 1. The molecule has 4 rings (SSSR count). The topological polar surface area (TPSA) is 41.6 Å². The molecule has 1 amide bonds. The number of carbonyl (C=O) groups excluding carboxylic acids is 1. The second-order valence-corrected chi connectivity index (χ2v) is 8.55. The van der Waals surface area contributed by atoms with Gasteiger partial charge in [-0.3, -0.25) is 4.79 Å². The van der Waals surface area contributed by atoms with E-state index in [1.165, 1.54) is 0 Å². The molecule has 2 aliphatic rings. The van der Waals surface area contributed by atoms with Crippen LogP contribution >= 0.6 is 39.1 Å². The molecule has 0 spiro atoms. The molecule has 1 saturated heterocycles. The van der Waals surface area contributed by atoms with E-state index >= 15 is 0 Å². The molecule has 0 saturated carbocycles. The van der Waals surface area contributed by atoms with Crippen LogP contribution in [0.2, 0.25) is 10.0 Å². The van der Waals surface area contributed by atoms with Crippen LogP contribution < -0.4 is 15.0 Å². The molecule has 0 radical (unpaired) electrons. The lowest BCUT2D eigenvalue weighted by atomic mass is 9.89. The summed E-state index contributed by atoms with van der Waals surface area (Å²) < 4.78 is 45.6. The van der Waals surface area contributed by atoms with Crippen molar-refractivity contribution in [2.75, 3.05) is 11.4 Å². The number of nitrogens with one attached hydrogen (secondary N) is 1. The van der Waals surface area contributed by atoms with Gasteiger partial charge in [-0.05, 0) is 37.1 Å². The van der Waals surface area contributed by atoms with Gasteiger partial charge in [-0.15, -0.1) is 0 Å². The highest BCUT2D eigenvalue weighted by Crippen LogP contribution is 2.52. The first kappa shape index (κ1) is 20.6. The molecule has 2 aromatic carbocycles. The summed E-state index contributed by atoms with van der Waals surface area (Å²) in [4.78, 5) is 13.6. The van der Waals surface area contributed by atoms with Gasteiger partial charge in [0.1, 0.15) is 11.4 Å². The van der Waals surface area contributed by atoms with Crippen molar-refractivity contribution in [2.24, 2.45) is 0 Å². The van der Waals surface area contributed by atoms with Gasteiger partial charge in [-0.2, -0.15) is 13.2 Å². The molecule has 10 heteroatoms. The average molecular weight is 510 g/mol. The lowest BCUT2D eigenvalue weighted by Crippen LogP contribution is -2.52. The van der Waals surface area contributed by atoms with Gasteiger partial charge in [-0.1, -0.05) is 45.2 Å². The molecule has 29 heavy (non-hydrogen) atoms.